The summed E-state index contributed by atoms with van der Waals surface area (Å²) in [7, 11) is 0. The Morgan fingerprint density at radius 1 is 0.636 bits per heavy atom. The van der Waals surface area contributed by atoms with Crippen molar-refractivity contribution in [3.8, 4) is 62.6 Å². The van der Waals surface area contributed by atoms with Crippen LogP contribution in [0.15, 0.2) is 207 Å². The van der Waals surface area contributed by atoms with Crippen molar-refractivity contribution in [2.45, 2.75) is 51.9 Å². The van der Waals surface area contributed by atoms with Crippen molar-refractivity contribution in [3.05, 3.63) is 240 Å². The number of rotatable bonds is 7. The zero-order chi connectivity index (χ0) is 51.9. The summed E-state index contributed by atoms with van der Waals surface area (Å²) < 4.78 is 17.0. The molecule has 0 saturated heterocycles. The lowest BCUT2D eigenvalue weighted by molar-refractivity contribution is 0.415. The maximum atomic E-state index is 7.57. The molecule has 5 aliphatic rings. The second-order valence-electron chi connectivity index (χ2n) is 21.9. The molecule has 0 amide bonds. The first-order chi connectivity index (χ1) is 37.6. The molecule has 7 heteroatoms. The van der Waals surface area contributed by atoms with Crippen LogP contribution < -0.4 is 14.4 Å². The van der Waals surface area contributed by atoms with Crippen LogP contribution in [-0.4, -0.2) is 19.5 Å². The molecule has 2 aliphatic heterocycles. The Bertz CT molecular complexity index is 4360. The number of aromatic nitrogens is 4. The highest BCUT2D eigenvalue weighted by molar-refractivity contribution is 6.16. The van der Waals surface area contributed by atoms with Gasteiger partial charge >= 0.3 is 0 Å². The van der Waals surface area contributed by atoms with Gasteiger partial charge in [-0.15, -0.1) is 0 Å². The van der Waals surface area contributed by atoms with Crippen molar-refractivity contribution in [2.24, 2.45) is 5.92 Å². The normalized spacial score (nSPS) is 16.8. The summed E-state index contributed by atoms with van der Waals surface area (Å²) >= 11 is 0. The summed E-state index contributed by atoms with van der Waals surface area (Å²) in [6, 6.07) is 58.8. The fourth-order valence-electron chi connectivity index (χ4n) is 13.3. The van der Waals surface area contributed by atoms with E-state index in [2.05, 4.69) is 189 Å². The molecule has 8 aromatic carbocycles. The van der Waals surface area contributed by atoms with E-state index in [-0.39, 0.29) is 10.8 Å². The second kappa shape index (κ2) is 16.6. The van der Waals surface area contributed by atoms with Crippen molar-refractivity contribution in [1.82, 2.24) is 19.5 Å². The number of hydrogen-bond acceptors (Lipinski definition) is 6. The van der Waals surface area contributed by atoms with E-state index < -0.39 is 0 Å². The van der Waals surface area contributed by atoms with Gasteiger partial charge in [0.25, 0.3) is 0 Å². The molecule has 15 rings (SSSR count). The number of fused-ring (bicyclic) bond motifs is 14. The maximum Gasteiger partial charge on any atom is 0.238 e. The van der Waals surface area contributed by atoms with E-state index >= 15 is 0 Å². The minimum atomic E-state index is -0.130. The predicted octanol–water partition coefficient (Wildman–Crippen LogP) is 18.2. The van der Waals surface area contributed by atoms with Crippen molar-refractivity contribution < 1.29 is 9.47 Å². The molecule has 370 valence electrons. The van der Waals surface area contributed by atoms with Gasteiger partial charge in [0.15, 0.2) is 34.6 Å². The largest absolute Gasteiger partial charge is 0.453 e. The monoisotopic (exact) mass is 995 g/mol. The van der Waals surface area contributed by atoms with Crippen LogP contribution in [0.5, 0.6) is 23.0 Å². The topological polar surface area (TPSA) is 65.3 Å². The van der Waals surface area contributed by atoms with Gasteiger partial charge in [-0.05, 0) is 122 Å². The molecule has 1 unspecified atom stereocenters. The molecular formula is C70H53N5O2. The van der Waals surface area contributed by atoms with Gasteiger partial charge in [0.2, 0.25) is 5.95 Å². The van der Waals surface area contributed by atoms with E-state index in [1.165, 1.54) is 50.1 Å². The zero-order valence-corrected chi connectivity index (χ0v) is 43.6. The molecule has 0 N–H and O–H groups in total. The highest BCUT2D eigenvalue weighted by atomic mass is 16.5. The van der Waals surface area contributed by atoms with Crippen molar-refractivity contribution in [3.63, 3.8) is 0 Å². The third-order valence-corrected chi connectivity index (χ3v) is 17.1. The van der Waals surface area contributed by atoms with E-state index in [1.54, 1.807) is 6.08 Å². The summed E-state index contributed by atoms with van der Waals surface area (Å²) in [5.74, 6) is 4.76. The van der Waals surface area contributed by atoms with E-state index in [1.807, 2.05) is 55.5 Å². The first kappa shape index (κ1) is 45.1. The SMILES string of the molecule is C=C/C=C\C(=C/C)c1nc(-c2ccccc2)nc(-n2c3ccccc3c3cc4c5c(c32)Oc2cc(C3=C6c7ccccc7C(C)(C)C6CC=C3)ccc2N5c2ccc(-c3cccc5c3-c3ccccc3C5(C)C)cc2O4)n1. The molecule has 7 nitrogen and oxygen atoms in total. The Morgan fingerprint density at radius 3 is 2.16 bits per heavy atom. The second-order valence-corrected chi connectivity index (χ2v) is 21.9. The molecule has 4 heterocycles. The number of ether oxygens (including phenoxy) is 2. The standard InChI is InChI=1S/C70H53N5O2/c1-7-9-21-41(8-2)66-71-67(42-22-11-10-12-23-42)73-68(72-66)75-55-33-18-15-24-47(55)50-40-60-64-65(63(50)75)77-59-39-44(46-28-20-32-54-62(46)49-26-14-17-30-52(49)70(54,5)6)35-37-57(59)74(64)56-36-34-43(38-58(56)76-60)45-27-19-31-53-61(45)48-25-13-16-29-51(48)69(53,3)4/h7-31,33-40,54H,1,32H2,2-6H3/b21-9-,41-8+. The van der Waals surface area contributed by atoms with Crippen LogP contribution in [0.4, 0.5) is 17.1 Å². The summed E-state index contributed by atoms with van der Waals surface area (Å²) in [4.78, 5) is 18.1. The first-order valence-corrected chi connectivity index (χ1v) is 26.7. The van der Waals surface area contributed by atoms with Crippen LogP contribution in [0.1, 0.15) is 74.7 Å². The van der Waals surface area contributed by atoms with Gasteiger partial charge in [0, 0.05) is 27.3 Å². The van der Waals surface area contributed by atoms with Crippen LogP contribution in [0, 0.1) is 5.92 Å². The summed E-state index contributed by atoms with van der Waals surface area (Å²) in [5, 5.41) is 1.96. The van der Waals surface area contributed by atoms with Crippen LogP contribution in [-0.2, 0) is 10.8 Å². The molecule has 10 aromatic rings. The Morgan fingerprint density at radius 2 is 1.34 bits per heavy atom. The van der Waals surface area contributed by atoms with Crippen LogP contribution in [0.3, 0.4) is 0 Å². The lowest BCUT2D eigenvalue weighted by Gasteiger charge is -2.38. The zero-order valence-electron chi connectivity index (χ0n) is 43.6. The van der Waals surface area contributed by atoms with Crippen molar-refractivity contribution >= 4 is 55.6 Å². The highest BCUT2D eigenvalue weighted by Crippen LogP contribution is 2.64. The third-order valence-electron chi connectivity index (χ3n) is 17.1. The Kier molecular flexibility index (Phi) is 9.71. The number of hydrogen-bond donors (Lipinski definition) is 0. The lowest BCUT2D eigenvalue weighted by atomic mass is 9.73. The van der Waals surface area contributed by atoms with Crippen LogP contribution in [0.25, 0.3) is 78.1 Å². The van der Waals surface area contributed by atoms with Crippen LogP contribution >= 0.6 is 0 Å². The number of allylic oxidation sites excluding steroid dienone is 9. The van der Waals surface area contributed by atoms with Gasteiger partial charge in [-0.2, -0.15) is 9.97 Å². The fourth-order valence-corrected chi connectivity index (χ4v) is 13.3. The van der Waals surface area contributed by atoms with E-state index in [4.69, 9.17) is 24.4 Å². The van der Waals surface area contributed by atoms with Gasteiger partial charge < -0.3 is 9.47 Å². The Labute approximate surface area is 448 Å². The maximum absolute atomic E-state index is 7.57. The Balaban J connectivity index is 0.986. The molecule has 0 saturated carbocycles. The number of anilines is 3. The van der Waals surface area contributed by atoms with Crippen LogP contribution in [0.2, 0.25) is 0 Å². The number of para-hydroxylation sites is 1. The molecule has 77 heavy (non-hydrogen) atoms. The summed E-state index contributed by atoms with van der Waals surface area (Å²) in [6.45, 7) is 15.4. The fraction of sp³-hybridized carbons (Fsp3) is 0.129. The molecule has 0 spiro atoms. The average molecular weight is 996 g/mol. The van der Waals surface area contributed by atoms with Gasteiger partial charge in [-0.25, -0.2) is 4.98 Å². The minimum Gasteiger partial charge on any atom is -0.453 e. The number of benzene rings is 8. The minimum absolute atomic E-state index is 0.0122. The molecule has 2 aromatic heterocycles. The Hall–Kier alpha value is -9.33. The van der Waals surface area contributed by atoms with Crippen molar-refractivity contribution in [1.29, 1.82) is 0 Å². The summed E-state index contributed by atoms with van der Waals surface area (Å²) in [6.07, 6.45) is 13.4. The van der Waals surface area contributed by atoms with E-state index in [0.29, 0.717) is 35.0 Å². The average Bonchev–Trinajstić information content (AvgIpc) is 4.07. The lowest BCUT2D eigenvalue weighted by Crippen LogP contribution is -2.24. The molecular weight excluding hydrogens is 943 g/mol. The van der Waals surface area contributed by atoms with Gasteiger partial charge in [0.05, 0.1) is 16.9 Å². The third kappa shape index (κ3) is 6.47. The molecule has 3 aliphatic carbocycles. The molecule has 1 atom stereocenters. The molecule has 0 bridgehead atoms. The van der Waals surface area contributed by atoms with Crippen molar-refractivity contribution in [2.75, 3.05) is 4.90 Å². The highest BCUT2D eigenvalue weighted by Gasteiger charge is 2.45. The smallest absolute Gasteiger partial charge is 0.238 e. The van der Waals surface area contributed by atoms with Gasteiger partial charge in [0.1, 0.15) is 11.2 Å². The summed E-state index contributed by atoms with van der Waals surface area (Å²) in [5.41, 5.74) is 20.0. The first-order valence-electron chi connectivity index (χ1n) is 26.7. The predicted molar refractivity (Wildman–Crippen MR) is 314 cm³/mol. The van der Waals surface area contributed by atoms with E-state index in [9.17, 15) is 0 Å². The van der Waals surface area contributed by atoms with E-state index in [0.717, 1.165) is 79.1 Å². The van der Waals surface area contributed by atoms with Gasteiger partial charge in [-0.3, -0.25) is 9.47 Å². The molecule has 0 radical (unpaired) electrons. The quantitative estimate of drug-likeness (QED) is 0.148. The van der Waals surface area contributed by atoms with Gasteiger partial charge in [-0.1, -0.05) is 198 Å². The molecule has 0 fully saturated rings. The number of nitrogens with zero attached hydrogens (tertiary/aromatic N) is 5.